The van der Waals surface area contributed by atoms with Crippen LogP contribution in [0, 0.1) is 0 Å². The molecular weight excluding hydrogens is 226 g/mol. The van der Waals surface area contributed by atoms with Crippen molar-refractivity contribution in [3.05, 3.63) is 29.8 Å². The first-order valence-corrected chi connectivity index (χ1v) is 6.95. The van der Waals surface area contributed by atoms with Gasteiger partial charge in [0.15, 0.2) is 0 Å². The number of piperidine rings is 1. The smallest absolute Gasteiger partial charge is 0.122 e. The van der Waals surface area contributed by atoms with E-state index in [1.54, 1.807) is 0 Å². The van der Waals surface area contributed by atoms with Gasteiger partial charge in [0.05, 0.1) is 12.7 Å². The maximum atomic E-state index is 9.74. The highest BCUT2D eigenvalue weighted by Crippen LogP contribution is 2.34. The van der Waals surface area contributed by atoms with E-state index >= 15 is 0 Å². The first kappa shape index (κ1) is 12.0. The first-order valence-electron chi connectivity index (χ1n) is 6.95. The Hall–Kier alpha value is -1.06. The predicted octanol–water partition coefficient (Wildman–Crippen LogP) is 2.01. The lowest BCUT2D eigenvalue weighted by atomic mass is 9.92. The van der Waals surface area contributed by atoms with Gasteiger partial charge in [-0.2, -0.15) is 0 Å². The van der Waals surface area contributed by atoms with Crippen LogP contribution in [0.1, 0.15) is 30.7 Å². The van der Waals surface area contributed by atoms with Gasteiger partial charge in [0.2, 0.25) is 0 Å². The van der Waals surface area contributed by atoms with Crippen LogP contribution in [-0.2, 0) is 0 Å². The van der Waals surface area contributed by atoms with E-state index in [-0.39, 0.29) is 6.10 Å². The van der Waals surface area contributed by atoms with Crippen molar-refractivity contribution in [2.24, 2.45) is 0 Å². The third-order valence-electron chi connectivity index (χ3n) is 4.04. The Kier molecular flexibility index (Phi) is 3.52. The molecule has 18 heavy (non-hydrogen) atoms. The van der Waals surface area contributed by atoms with Crippen LogP contribution in [0.4, 0.5) is 0 Å². The molecule has 98 valence electrons. The average Bonchev–Trinajstić information content (AvgIpc) is 2.39. The van der Waals surface area contributed by atoms with E-state index in [0.717, 1.165) is 51.3 Å². The van der Waals surface area contributed by atoms with Gasteiger partial charge in [0.1, 0.15) is 5.75 Å². The Morgan fingerprint density at radius 1 is 1.28 bits per heavy atom. The zero-order valence-corrected chi connectivity index (χ0v) is 10.7. The van der Waals surface area contributed by atoms with E-state index in [0.29, 0.717) is 5.92 Å². The zero-order valence-electron chi connectivity index (χ0n) is 10.7. The van der Waals surface area contributed by atoms with Gasteiger partial charge in [-0.3, -0.25) is 0 Å². The number of para-hydroxylation sites is 1. The fraction of sp³-hybridized carbons (Fsp3) is 0.600. The molecule has 2 atom stereocenters. The Morgan fingerprint density at radius 2 is 2.17 bits per heavy atom. The van der Waals surface area contributed by atoms with Gasteiger partial charge in [-0.25, -0.2) is 0 Å². The molecule has 1 N–H and O–H groups in total. The zero-order chi connectivity index (χ0) is 12.4. The number of aliphatic hydroxyl groups excluding tert-OH is 1. The maximum Gasteiger partial charge on any atom is 0.122 e. The van der Waals surface area contributed by atoms with Gasteiger partial charge in [-0.05, 0) is 37.4 Å². The molecule has 1 unspecified atom stereocenters. The topological polar surface area (TPSA) is 32.7 Å². The molecule has 3 heteroatoms. The molecule has 1 fully saturated rings. The molecule has 1 saturated heterocycles. The molecule has 0 saturated carbocycles. The lowest BCUT2D eigenvalue weighted by Gasteiger charge is -2.35. The fourth-order valence-electron chi connectivity index (χ4n) is 3.11. The number of nitrogens with zero attached hydrogens (tertiary/aromatic N) is 1. The number of hydrogen-bond acceptors (Lipinski definition) is 3. The Morgan fingerprint density at radius 3 is 3.06 bits per heavy atom. The van der Waals surface area contributed by atoms with Crippen molar-refractivity contribution >= 4 is 0 Å². The van der Waals surface area contributed by atoms with Crippen molar-refractivity contribution in [1.82, 2.24) is 4.90 Å². The molecule has 2 aliphatic heterocycles. The van der Waals surface area contributed by atoms with E-state index in [4.69, 9.17) is 4.74 Å². The summed E-state index contributed by atoms with van der Waals surface area (Å²) in [6.45, 7) is 3.83. The summed E-state index contributed by atoms with van der Waals surface area (Å²) in [5.74, 6) is 1.60. The van der Waals surface area contributed by atoms with Crippen molar-refractivity contribution in [3.63, 3.8) is 0 Å². The SMILES string of the molecule is O[C@H]1CCCN(CC2CCOc3ccccc32)C1. The van der Waals surface area contributed by atoms with Crippen molar-refractivity contribution in [2.75, 3.05) is 26.2 Å². The van der Waals surface area contributed by atoms with Crippen molar-refractivity contribution in [3.8, 4) is 5.75 Å². The summed E-state index contributed by atoms with van der Waals surface area (Å²) in [7, 11) is 0. The molecule has 0 radical (unpaired) electrons. The quantitative estimate of drug-likeness (QED) is 0.867. The number of aliphatic hydroxyl groups is 1. The molecule has 2 heterocycles. The minimum atomic E-state index is -0.131. The van der Waals surface area contributed by atoms with Crippen LogP contribution in [0.15, 0.2) is 24.3 Å². The molecule has 3 rings (SSSR count). The van der Waals surface area contributed by atoms with Gasteiger partial charge >= 0.3 is 0 Å². The second-order valence-electron chi connectivity index (χ2n) is 5.43. The molecule has 0 aliphatic carbocycles. The van der Waals surface area contributed by atoms with Gasteiger partial charge < -0.3 is 14.7 Å². The average molecular weight is 247 g/mol. The Balaban J connectivity index is 1.70. The summed E-state index contributed by atoms with van der Waals surface area (Å²) < 4.78 is 5.70. The normalized spacial score (nSPS) is 28.5. The van der Waals surface area contributed by atoms with E-state index in [1.807, 2.05) is 6.07 Å². The highest BCUT2D eigenvalue weighted by molar-refractivity contribution is 5.37. The third kappa shape index (κ3) is 2.52. The molecule has 0 amide bonds. The number of likely N-dealkylation sites (tertiary alicyclic amines) is 1. The van der Waals surface area contributed by atoms with Crippen molar-refractivity contribution < 1.29 is 9.84 Å². The minimum Gasteiger partial charge on any atom is -0.493 e. The summed E-state index contributed by atoms with van der Waals surface area (Å²) in [6, 6.07) is 8.36. The molecular formula is C15H21NO2. The number of benzene rings is 1. The van der Waals surface area contributed by atoms with E-state index in [2.05, 4.69) is 23.1 Å². The van der Waals surface area contributed by atoms with Gasteiger partial charge in [0, 0.05) is 19.0 Å². The van der Waals surface area contributed by atoms with Gasteiger partial charge in [-0.1, -0.05) is 18.2 Å². The van der Waals surface area contributed by atoms with Gasteiger partial charge in [-0.15, -0.1) is 0 Å². The van der Waals surface area contributed by atoms with Crippen LogP contribution in [0.25, 0.3) is 0 Å². The monoisotopic (exact) mass is 247 g/mol. The predicted molar refractivity (Wildman–Crippen MR) is 71.0 cm³/mol. The van der Waals surface area contributed by atoms with Crippen LogP contribution in [0.3, 0.4) is 0 Å². The van der Waals surface area contributed by atoms with Crippen molar-refractivity contribution in [1.29, 1.82) is 0 Å². The summed E-state index contributed by atoms with van der Waals surface area (Å²) >= 11 is 0. The first-order chi connectivity index (χ1) is 8.83. The molecule has 0 bridgehead atoms. The van der Waals surface area contributed by atoms with E-state index in [1.165, 1.54) is 5.56 Å². The molecule has 1 aromatic carbocycles. The van der Waals surface area contributed by atoms with Crippen LogP contribution < -0.4 is 4.74 Å². The highest BCUT2D eigenvalue weighted by Gasteiger charge is 2.25. The number of hydrogen-bond donors (Lipinski definition) is 1. The number of rotatable bonds is 2. The molecule has 0 aromatic heterocycles. The fourth-order valence-corrected chi connectivity index (χ4v) is 3.11. The summed E-state index contributed by atoms with van der Waals surface area (Å²) in [4.78, 5) is 2.40. The molecule has 0 spiro atoms. The maximum absolute atomic E-state index is 9.74. The van der Waals surface area contributed by atoms with Crippen LogP contribution in [0.5, 0.6) is 5.75 Å². The summed E-state index contributed by atoms with van der Waals surface area (Å²) in [5.41, 5.74) is 1.34. The summed E-state index contributed by atoms with van der Waals surface area (Å²) in [6.07, 6.45) is 3.03. The second-order valence-corrected chi connectivity index (χ2v) is 5.43. The Labute approximate surface area is 108 Å². The van der Waals surface area contributed by atoms with Crippen LogP contribution >= 0.6 is 0 Å². The minimum absolute atomic E-state index is 0.131. The third-order valence-corrected chi connectivity index (χ3v) is 4.04. The largest absolute Gasteiger partial charge is 0.493 e. The summed E-state index contributed by atoms with van der Waals surface area (Å²) in [5, 5.41) is 9.74. The Bertz CT molecular complexity index is 407. The van der Waals surface area contributed by atoms with Crippen LogP contribution in [0.2, 0.25) is 0 Å². The van der Waals surface area contributed by atoms with E-state index < -0.39 is 0 Å². The lowest BCUT2D eigenvalue weighted by molar-refractivity contribution is 0.0645. The van der Waals surface area contributed by atoms with Gasteiger partial charge in [0.25, 0.3) is 0 Å². The molecule has 2 aliphatic rings. The number of ether oxygens (including phenoxy) is 1. The molecule has 3 nitrogen and oxygen atoms in total. The van der Waals surface area contributed by atoms with Crippen LogP contribution in [-0.4, -0.2) is 42.4 Å². The van der Waals surface area contributed by atoms with E-state index in [9.17, 15) is 5.11 Å². The number of fused-ring (bicyclic) bond motifs is 1. The number of β-amino-alcohol motifs (C(OH)–C–C–N with tert-alkyl or cyclic N) is 1. The lowest BCUT2D eigenvalue weighted by Crippen LogP contribution is -2.41. The molecule has 1 aromatic rings. The standard InChI is InChI=1S/C15H21NO2/c17-13-4-3-8-16(11-13)10-12-7-9-18-15-6-2-1-5-14(12)15/h1-2,5-6,12-13,17H,3-4,7-11H2/t12?,13-/m0/s1. The van der Waals surface area contributed by atoms with Crippen molar-refractivity contribution in [2.45, 2.75) is 31.3 Å². The highest BCUT2D eigenvalue weighted by atomic mass is 16.5. The second kappa shape index (κ2) is 5.29.